The summed E-state index contributed by atoms with van der Waals surface area (Å²) < 4.78 is 12.1. The van der Waals surface area contributed by atoms with Crippen molar-refractivity contribution in [3.05, 3.63) is 76.0 Å². The van der Waals surface area contributed by atoms with Crippen LogP contribution in [-0.4, -0.2) is 62.9 Å². The molecule has 2 aromatic heterocycles. The Balaban J connectivity index is 1.15. The average molecular weight is 448 g/mol. The maximum Gasteiger partial charge on any atom is 0.417 e. The molecule has 0 atom stereocenters. The lowest BCUT2D eigenvalue weighted by atomic mass is 10.1. The van der Waals surface area contributed by atoms with E-state index >= 15 is 0 Å². The summed E-state index contributed by atoms with van der Waals surface area (Å²) in [5.41, 5.74) is 3.51. The first-order chi connectivity index (χ1) is 16.0. The topological polar surface area (TPSA) is 109 Å². The molecule has 5 rings (SSSR count). The van der Waals surface area contributed by atoms with E-state index in [1.54, 1.807) is 30.2 Å². The largest absolute Gasteiger partial charge is 0.497 e. The highest BCUT2D eigenvalue weighted by Gasteiger charge is 2.33. The van der Waals surface area contributed by atoms with Gasteiger partial charge in [0.05, 0.1) is 30.6 Å². The van der Waals surface area contributed by atoms with Crippen molar-refractivity contribution in [3.63, 3.8) is 0 Å². The van der Waals surface area contributed by atoms with Crippen LogP contribution in [0.3, 0.4) is 0 Å². The Morgan fingerprint density at radius 3 is 2.76 bits per heavy atom. The third kappa shape index (κ3) is 4.37. The first-order valence-electron chi connectivity index (χ1n) is 10.6. The number of fused-ring (bicyclic) bond motifs is 1. The quantitative estimate of drug-likeness (QED) is 0.461. The molecular weight excluding hydrogens is 424 g/mol. The van der Waals surface area contributed by atoms with Gasteiger partial charge in [-0.15, -0.1) is 5.10 Å². The summed E-state index contributed by atoms with van der Waals surface area (Å²) in [6.45, 7) is 2.56. The first-order valence-corrected chi connectivity index (χ1v) is 10.6. The van der Waals surface area contributed by atoms with Gasteiger partial charge in [-0.25, -0.2) is 9.48 Å². The van der Waals surface area contributed by atoms with E-state index in [9.17, 15) is 9.59 Å². The number of aromatic nitrogens is 4. The molecule has 0 spiro atoms. The van der Waals surface area contributed by atoms with Crippen LogP contribution >= 0.6 is 0 Å². The van der Waals surface area contributed by atoms with Crippen molar-refractivity contribution in [2.45, 2.75) is 19.1 Å². The fourth-order valence-electron chi connectivity index (χ4n) is 3.99. The number of carbonyl (C=O) groups is 1. The lowest BCUT2D eigenvalue weighted by molar-refractivity contribution is 0.0498. The molecule has 0 bridgehead atoms. The van der Waals surface area contributed by atoms with E-state index in [4.69, 9.17) is 9.15 Å². The smallest absolute Gasteiger partial charge is 0.417 e. The predicted molar refractivity (Wildman–Crippen MR) is 120 cm³/mol. The fourth-order valence-corrected chi connectivity index (χ4v) is 3.99. The number of hydrogen-bond acceptors (Lipinski definition) is 7. The van der Waals surface area contributed by atoms with Gasteiger partial charge in [-0.2, -0.15) is 0 Å². The molecule has 0 aliphatic carbocycles. The molecule has 170 valence electrons. The molecule has 4 aromatic rings. The number of oxazole rings is 1. The normalized spacial score (nSPS) is 14.1. The molecule has 3 heterocycles. The van der Waals surface area contributed by atoms with Gasteiger partial charge in [-0.3, -0.25) is 14.7 Å². The van der Waals surface area contributed by atoms with Gasteiger partial charge in [-0.1, -0.05) is 17.3 Å². The van der Waals surface area contributed by atoms with Gasteiger partial charge in [0.25, 0.3) is 5.91 Å². The summed E-state index contributed by atoms with van der Waals surface area (Å²) in [6, 6.07) is 13.1. The van der Waals surface area contributed by atoms with E-state index in [0.29, 0.717) is 36.3 Å². The number of ether oxygens (including phenoxy) is 1. The van der Waals surface area contributed by atoms with Gasteiger partial charge in [0.1, 0.15) is 5.75 Å². The number of nitrogens with one attached hydrogen (secondary N) is 1. The van der Waals surface area contributed by atoms with Gasteiger partial charge in [-0.05, 0) is 42.9 Å². The maximum atomic E-state index is 12.8. The van der Waals surface area contributed by atoms with Crippen molar-refractivity contribution >= 4 is 17.0 Å². The van der Waals surface area contributed by atoms with Crippen LogP contribution in [-0.2, 0) is 13.1 Å². The molecule has 1 fully saturated rings. The number of carbonyl (C=O) groups excluding carboxylic acids is 1. The van der Waals surface area contributed by atoms with Crippen LogP contribution in [0.5, 0.6) is 5.75 Å². The maximum absolute atomic E-state index is 12.8. The van der Waals surface area contributed by atoms with Crippen LogP contribution in [0.2, 0.25) is 0 Å². The minimum atomic E-state index is -0.532. The lowest BCUT2D eigenvalue weighted by Crippen LogP contribution is -2.50. The zero-order chi connectivity index (χ0) is 22.9. The molecule has 2 aromatic carbocycles. The third-order valence-electron chi connectivity index (χ3n) is 5.79. The molecule has 33 heavy (non-hydrogen) atoms. The van der Waals surface area contributed by atoms with E-state index in [1.165, 1.54) is 5.56 Å². The molecule has 0 unspecified atom stereocenters. The highest BCUT2D eigenvalue weighted by molar-refractivity contribution is 5.97. The molecule has 0 saturated carbocycles. The molecule has 1 saturated heterocycles. The van der Waals surface area contributed by atoms with Gasteiger partial charge < -0.3 is 14.1 Å². The zero-order valence-corrected chi connectivity index (χ0v) is 18.4. The van der Waals surface area contributed by atoms with Crippen molar-refractivity contribution in [1.29, 1.82) is 0 Å². The number of H-pyrrole nitrogens is 1. The number of likely N-dealkylation sites (tertiary alicyclic amines) is 1. The lowest BCUT2D eigenvalue weighted by Gasteiger charge is -2.38. The standard InChI is InChI=1S/C23H24N6O4/c1-27(10-15-3-6-19(32-2)7-4-15)11-17-12-29(26-25-17)18-13-28(14-18)22(30)16-5-8-20-21(9-16)33-23(31)24-20/h3-9,12,18H,10-11,13-14H2,1-2H3,(H,24,31). The molecule has 10 nitrogen and oxygen atoms in total. The third-order valence-corrected chi connectivity index (χ3v) is 5.79. The minimum absolute atomic E-state index is 0.0935. The number of benzene rings is 2. The number of hydrogen-bond donors (Lipinski definition) is 1. The molecule has 1 aliphatic heterocycles. The Morgan fingerprint density at radius 1 is 1.21 bits per heavy atom. The number of methoxy groups -OCH3 is 1. The van der Waals surface area contributed by atoms with Crippen molar-refractivity contribution in [2.75, 3.05) is 27.2 Å². The SMILES string of the molecule is COc1ccc(CN(C)Cc2cn(C3CN(C(=O)c4ccc5[nH]c(=O)oc5c4)C3)nn2)cc1. The molecule has 1 aliphatic rings. The second kappa shape index (κ2) is 8.55. The van der Waals surface area contributed by atoms with Gasteiger partial charge in [0.2, 0.25) is 0 Å². The molecule has 10 heteroatoms. The second-order valence-corrected chi connectivity index (χ2v) is 8.30. The van der Waals surface area contributed by atoms with Gasteiger partial charge in [0.15, 0.2) is 5.58 Å². The van der Waals surface area contributed by atoms with Crippen LogP contribution < -0.4 is 10.5 Å². The fraction of sp³-hybridized carbons (Fsp3) is 0.304. The number of amides is 1. The molecule has 1 amide bonds. The first kappa shape index (κ1) is 21.0. The second-order valence-electron chi connectivity index (χ2n) is 8.30. The van der Waals surface area contributed by atoms with Crippen molar-refractivity contribution in [3.8, 4) is 5.75 Å². The van der Waals surface area contributed by atoms with Crippen molar-refractivity contribution < 1.29 is 13.9 Å². The van der Waals surface area contributed by atoms with E-state index in [2.05, 4.69) is 20.2 Å². The van der Waals surface area contributed by atoms with E-state index in [-0.39, 0.29) is 11.9 Å². The molecule has 0 radical (unpaired) electrons. The summed E-state index contributed by atoms with van der Waals surface area (Å²) in [7, 11) is 3.70. The van der Waals surface area contributed by atoms with E-state index < -0.39 is 5.76 Å². The van der Waals surface area contributed by atoms with Crippen LogP contribution in [0.4, 0.5) is 0 Å². The summed E-state index contributed by atoms with van der Waals surface area (Å²) in [5.74, 6) is 0.209. The highest BCUT2D eigenvalue weighted by atomic mass is 16.5. The van der Waals surface area contributed by atoms with Gasteiger partial charge >= 0.3 is 5.76 Å². The average Bonchev–Trinajstić information content (AvgIpc) is 3.37. The van der Waals surface area contributed by atoms with Crippen molar-refractivity contribution in [2.24, 2.45) is 0 Å². The summed E-state index contributed by atoms with van der Waals surface area (Å²) in [4.78, 5) is 30.6. The summed E-state index contributed by atoms with van der Waals surface area (Å²) in [5, 5.41) is 8.56. The number of rotatable bonds is 7. The van der Waals surface area contributed by atoms with Crippen LogP contribution in [0.15, 0.2) is 57.9 Å². The Bertz CT molecular complexity index is 1330. The van der Waals surface area contributed by atoms with Crippen molar-refractivity contribution in [1.82, 2.24) is 29.8 Å². The van der Waals surface area contributed by atoms with Crippen LogP contribution in [0, 0.1) is 0 Å². The van der Waals surface area contributed by atoms with Gasteiger partial charge in [0, 0.05) is 31.7 Å². The summed E-state index contributed by atoms with van der Waals surface area (Å²) >= 11 is 0. The molecule has 1 N–H and O–H groups in total. The predicted octanol–water partition coefficient (Wildman–Crippen LogP) is 2.05. The monoisotopic (exact) mass is 448 g/mol. The minimum Gasteiger partial charge on any atom is -0.497 e. The van der Waals surface area contributed by atoms with E-state index in [1.807, 2.05) is 42.2 Å². The zero-order valence-electron chi connectivity index (χ0n) is 18.4. The summed E-state index contributed by atoms with van der Waals surface area (Å²) in [6.07, 6.45) is 1.94. The van der Waals surface area contributed by atoms with Crippen LogP contribution in [0.1, 0.15) is 27.7 Å². The Kier molecular flexibility index (Phi) is 5.43. The Labute approximate surface area is 189 Å². The molecular formula is C23H24N6O4. The Morgan fingerprint density at radius 2 is 2.00 bits per heavy atom. The highest BCUT2D eigenvalue weighted by Crippen LogP contribution is 2.24. The number of aromatic amines is 1. The van der Waals surface area contributed by atoms with E-state index in [0.717, 1.165) is 18.0 Å². The van der Waals surface area contributed by atoms with Crippen LogP contribution in [0.25, 0.3) is 11.1 Å². The number of nitrogens with zero attached hydrogens (tertiary/aromatic N) is 5. The Hall–Kier alpha value is -3.92.